The number of carboxylic acids is 3. The van der Waals surface area contributed by atoms with Gasteiger partial charge in [-0.25, -0.2) is 19.6 Å². The number of phenolic OH excluding ortho intramolecular Hbond substituents is 1. The summed E-state index contributed by atoms with van der Waals surface area (Å²) in [5, 5.41) is 63.7. The third kappa shape index (κ3) is 6.93. The van der Waals surface area contributed by atoms with E-state index in [4.69, 9.17) is 10.6 Å². The van der Waals surface area contributed by atoms with Crippen LogP contribution in [0.25, 0.3) is 5.65 Å². The van der Waals surface area contributed by atoms with E-state index in [0.29, 0.717) is 16.2 Å². The Bertz CT molecular complexity index is 2180. The van der Waals surface area contributed by atoms with Crippen molar-refractivity contribution in [2.45, 2.75) is 29.5 Å². The molecule has 1 aromatic carbocycles. The summed E-state index contributed by atoms with van der Waals surface area (Å²) in [5.74, 6) is -6.95. The molecule has 0 bridgehead atoms. The van der Waals surface area contributed by atoms with E-state index in [0.717, 1.165) is 34.1 Å². The van der Waals surface area contributed by atoms with Crippen LogP contribution in [0.15, 0.2) is 51.2 Å². The number of aliphatic carboxylic acids is 2. The van der Waals surface area contributed by atoms with Gasteiger partial charge in [0, 0.05) is 22.4 Å². The molecule has 2 aliphatic rings. The first-order valence-electron chi connectivity index (χ1n) is 14.3. The number of phenols is 2. The number of aromatic nitrogens is 5. The summed E-state index contributed by atoms with van der Waals surface area (Å²) < 4.78 is 1.38. The number of aromatic carboxylic acids is 1. The van der Waals surface area contributed by atoms with Crippen molar-refractivity contribution >= 4 is 81.1 Å². The predicted molar refractivity (Wildman–Crippen MR) is 177 cm³/mol. The third-order valence-electron chi connectivity index (χ3n) is 7.36. The Morgan fingerprint density at radius 1 is 1.14 bits per heavy atom. The first-order valence-corrected chi connectivity index (χ1v) is 17.2. The topological polar surface area (TPSA) is 305 Å². The number of carbonyl (C=O) groups excluding carboxylic acids is 2. The number of nitrogen functional groups attached to an aromatic ring is 1. The van der Waals surface area contributed by atoms with Crippen molar-refractivity contribution in [1.29, 1.82) is 0 Å². The Hall–Kier alpha value is -5.94. The van der Waals surface area contributed by atoms with Crippen LogP contribution in [0, 0.1) is 0 Å². The average Bonchev–Trinajstić information content (AvgIpc) is 3.73. The lowest BCUT2D eigenvalue weighted by molar-refractivity contribution is -0.150. The normalized spacial score (nSPS) is 17.2. The minimum Gasteiger partial charge on any atom is -0.504 e. The third-order valence-corrected chi connectivity index (χ3v) is 10.5. The van der Waals surface area contributed by atoms with E-state index >= 15 is 0 Å². The van der Waals surface area contributed by atoms with Gasteiger partial charge in [0.1, 0.15) is 40.0 Å². The summed E-state index contributed by atoms with van der Waals surface area (Å²) in [5.41, 5.74) is 5.24. The first-order chi connectivity index (χ1) is 24.3. The number of oxime groups is 1. The number of benzene rings is 1. The van der Waals surface area contributed by atoms with Crippen molar-refractivity contribution in [2.75, 3.05) is 17.2 Å². The smallest absolute Gasteiger partial charge is 0.352 e. The van der Waals surface area contributed by atoms with Crippen molar-refractivity contribution in [2.24, 2.45) is 5.16 Å². The molecule has 0 spiro atoms. The minimum absolute atomic E-state index is 0.0310. The van der Waals surface area contributed by atoms with E-state index < -0.39 is 70.5 Å². The van der Waals surface area contributed by atoms with E-state index in [1.807, 2.05) is 0 Å². The average molecular weight is 758 g/mol. The van der Waals surface area contributed by atoms with E-state index in [2.05, 4.69) is 30.8 Å². The molecule has 6 rings (SSSR count). The van der Waals surface area contributed by atoms with Gasteiger partial charge in [-0.2, -0.15) is 4.52 Å². The van der Waals surface area contributed by atoms with Gasteiger partial charge in [0.05, 0.1) is 18.3 Å². The lowest BCUT2D eigenvalue weighted by Crippen LogP contribution is -2.71. The number of fused-ring (bicyclic) bond motifs is 2. The highest BCUT2D eigenvalue weighted by Gasteiger charge is 2.54. The van der Waals surface area contributed by atoms with E-state index in [1.165, 1.54) is 40.0 Å². The second-order valence-electron chi connectivity index (χ2n) is 10.6. The van der Waals surface area contributed by atoms with E-state index in [9.17, 15) is 49.5 Å². The highest BCUT2D eigenvalue weighted by atomic mass is 32.2. The molecule has 4 aromatic rings. The van der Waals surface area contributed by atoms with Crippen LogP contribution in [0.4, 0.5) is 5.13 Å². The number of anilines is 1. The summed E-state index contributed by atoms with van der Waals surface area (Å²) in [6, 6.07) is 2.57. The molecule has 3 aromatic heterocycles. The first kappa shape index (κ1) is 34.9. The second kappa shape index (κ2) is 14.1. The number of carboxylic acid groups (broad SMARTS) is 3. The fourth-order valence-corrected chi connectivity index (χ4v) is 8.16. The van der Waals surface area contributed by atoms with Crippen LogP contribution < -0.4 is 11.1 Å². The van der Waals surface area contributed by atoms with Crippen molar-refractivity contribution in [3.63, 3.8) is 0 Å². The van der Waals surface area contributed by atoms with E-state index in [-0.39, 0.29) is 45.7 Å². The maximum absolute atomic E-state index is 13.5. The Labute approximate surface area is 296 Å². The number of rotatable bonds is 13. The van der Waals surface area contributed by atoms with Gasteiger partial charge >= 0.3 is 17.9 Å². The number of amides is 2. The number of hydrogen-bond acceptors (Lipinski definition) is 17. The number of nitrogens with two attached hydrogens (primary N) is 1. The molecule has 1 saturated heterocycles. The molecule has 8 N–H and O–H groups in total. The fraction of sp³-hybridized carbons (Fsp3) is 0.214. The summed E-state index contributed by atoms with van der Waals surface area (Å²) in [6.07, 6.45) is 1.00. The molecule has 0 saturated carbocycles. The second-order valence-corrected chi connectivity index (χ2v) is 13.6. The fourth-order valence-electron chi connectivity index (χ4n) is 5.11. The molecule has 0 radical (unpaired) electrons. The van der Waals surface area contributed by atoms with Gasteiger partial charge in [-0.1, -0.05) is 16.4 Å². The quantitative estimate of drug-likeness (QED) is 0.0242. The summed E-state index contributed by atoms with van der Waals surface area (Å²) >= 11 is 3.34. The Balaban J connectivity index is 1.19. The van der Waals surface area contributed by atoms with Crippen molar-refractivity contribution in [1.82, 2.24) is 35.0 Å². The van der Waals surface area contributed by atoms with Crippen LogP contribution in [-0.2, 0) is 37.0 Å². The molecule has 2 aliphatic heterocycles. The molecular formula is C28H23N9O11S3. The van der Waals surface area contributed by atoms with Crippen molar-refractivity contribution in [3.05, 3.63) is 63.6 Å². The van der Waals surface area contributed by atoms with Gasteiger partial charge in [-0.15, -0.1) is 40.0 Å². The number of nitrogens with zero attached hydrogens (tertiary/aromatic N) is 7. The van der Waals surface area contributed by atoms with Gasteiger partial charge in [0.25, 0.3) is 11.8 Å². The number of thioether (sulfide) groups is 2. The van der Waals surface area contributed by atoms with Crippen LogP contribution in [0.2, 0.25) is 0 Å². The van der Waals surface area contributed by atoms with Gasteiger partial charge in [0.2, 0.25) is 0 Å². The summed E-state index contributed by atoms with van der Waals surface area (Å²) in [6.45, 7) is -0.559. The highest BCUT2D eigenvalue weighted by Crippen LogP contribution is 2.42. The molecule has 5 heterocycles. The maximum Gasteiger partial charge on any atom is 0.352 e. The monoisotopic (exact) mass is 757 g/mol. The van der Waals surface area contributed by atoms with E-state index in [1.54, 1.807) is 0 Å². The molecule has 0 aliphatic carbocycles. The molecule has 51 heavy (non-hydrogen) atoms. The molecule has 2 amide bonds. The van der Waals surface area contributed by atoms with Crippen LogP contribution >= 0.6 is 34.9 Å². The number of nitrogens with one attached hydrogen (secondary N) is 1. The SMILES string of the molecule is Nc1nc(/C(=N/OCc2ccc(O)c(O)c2C(=O)O)C(=O)N[C@@H]2C(=O)N3C(C(=O)O)=C(CSc4cc(CC(=O)O)nc5cnnn45)CS[C@H]23)cs1. The van der Waals surface area contributed by atoms with Gasteiger partial charge in [-0.05, 0) is 17.7 Å². The van der Waals surface area contributed by atoms with Crippen LogP contribution in [0.5, 0.6) is 11.5 Å². The lowest BCUT2D eigenvalue weighted by atomic mass is 10.0. The number of carbonyl (C=O) groups is 5. The van der Waals surface area contributed by atoms with Crippen LogP contribution in [0.3, 0.4) is 0 Å². The molecule has 2 atom stereocenters. The summed E-state index contributed by atoms with van der Waals surface area (Å²) in [4.78, 5) is 76.8. The molecule has 0 unspecified atom stereocenters. The van der Waals surface area contributed by atoms with Gasteiger partial charge < -0.3 is 41.4 Å². The Morgan fingerprint density at radius 3 is 2.61 bits per heavy atom. The Morgan fingerprint density at radius 2 is 1.92 bits per heavy atom. The zero-order valence-corrected chi connectivity index (χ0v) is 27.9. The largest absolute Gasteiger partial charge is 0.504 e. The number of β-lactam (4-membered cyclic amide) rings is 1. The lowest BCUT2D eigenvalue weighted by Gasteiger charge is -2.49. The highest BCUT2D eigenvalue weighted by molar-refractivity contribution is 8.01. The molecule has 23 heteroatoms. The van der Waals surface area contributed by atoms with Crippen LogP contribution in [-0.4, -0.2) is 114 Å². The van der Waals surface area contributed by atoms with Crippen molar-refractivity contribution in [3.8, 4) is 11.5 Å². The predicted octanol–water partition coefficient (Wildman–Crippen LogP) is 0.351. The Kier molecular flexibility index (Phi) is 9.67. The summed E-state index contributed by atoms with van der Waals surface area (Å²) in [7, 11) is 0. The number of thiazole rings is 1. The maximum atomic E-state index is 13.5. The molecular weight excluding hydrogens is 735 g/mol. The molecule has 20 nitrogen and oxygen atoms in total. The van der Waals surface area contributed by atoms with Gasteiger partial charge in [0.15, 0.2) is 28.0 Å². The van der Waals surface area contributed by atoms with Crippen molar-refractivity contribution < 1.29 is 54.3 Å². The minimum atomic E-state index is -1.56. The molecule has 1 fully saturated rings. The number of aromatic hydroxyl groups is 2. The van der Waals surface area contributed by atoms with Gasteiger partial charge in [-0.3, -0.25) is 19.3 Å². The number of hydrogen-bond donors (Lipinski definition) is 7. The standard InChI is InChI=1S/C28H23N9O11S3/c29-28-32-13(9-51-28)19(34-48-6-10-1-2-14(38)22(41)18(10)26(44)45)23(42)33-20-24(43)36-21(27(46)47)11(8-50-25(20)36)7-49-16-3-12(4-17(39)40)31-15-5-30-35-37(15)16/h1-3,5,9,20,25,38,41H,4,6-8H2,(H2,29,32)(H,33,42)(H,39,40)(H,44,45)(H,46,47)/b34-19-/t20-,25-/m1/s1. The zero-order valence-electron chi connectivity index (χ0n) is 25.5. The molecule has 264 valence electrons. The zero-order chi connectivity index (χ0) is 36.6. The van der Waals surface area contributed by atoms with Crippen LogP contribution in [0.1, 0.15) is 27.3 Å².